The highest BCUT2D eigenvalue weighted by molar-refractivity contribution is 5.89. The Balaban J connectivity index is 1.61. The molecule has 0 aromatic heterocycles. The molecule has 1 saturated carbocycles. The van der Waals surface area contributed by atoms with Crippen molar-refractivity contribution in [3.8, 4) is 0 Å². The van der Waals surface area contributed by atoms with Crippen LogP contribution in [0.15, 0.2) is 48.5 Å². The van der Waals surface area contributed by atoms with Crippen LogP contribution < -0.4 is 0 Å². The van der Waals surface area contributed by atoms with E-state index in [1.54, 1.807) is 0 Å². The number of rotatable bonds is 3. The Morgan fingerprint density at radius 3 is 2.53 bits per heavy atom. The molecule has 2 atom stereocenters. The zero-order valence-electron chi connectivity index (χ0n) is 17.9. The number of carbonyl (C=O) groups excluding carboxylic acids is 1. The molecule has 4 heteroatoms. The molecule has 2 aromatic rings. The second-order valence-corrected chi connectivity index (χ2v) is 9.45. The van der Waals surface area contributed by atoms with E-state index in [4.69, 9.17) is 14.2 Å². The monoisotopic (exact) mass is 406 g/mol. The highest BCUT2D eigenvalue weighted by Crippen LogP contribution is 2.62. The maximum atomic E-state index is 12.1. The van der Waals surface area contributed by atoms with Gasteiger partial charge in [-0.25, -0.2) is 4.79 Å². The fraction of sp³-hybridized carbons (Fsp3) is 0.500. The van der Waals surface area contributed by atoms with E-state index < -0.39 is 5.79 Å². The van der Waals surface area contributed by atoms with Gasteiger partial charge in [0.15, 0.2) is 5.79 Å². The third-order valence-corrected chi connectivity index (χ3v) is 7.90. The number of hydrogen-bond acceptors (Lipinski definition) is 4. The van der Waals surface area contributed by atoms with Crippen LogP contribution in [0.2, 0.25) is 0 Å². The molecule has 1 spiro atoms. The summed E-state index contributed by atoms with van der Waals surface area (Å²) in [4.78, 5) is 12.1. The van der Waals surface area contributed by atoms with Gasteiger partial charge in [-0.1, -0.05) is 43.3 Å². The first-order chi connectivity index (χ1) is 14.5. The first-order valence-corrected chi connectivity index (χ1v) is 11.0. The molecule has 0 bridgehead atoms. The summed E-state index contributed by atoms with van der Waals surface area (Å²) in [6, 6.07) is 17.0. The van der Waals surface area contributed by atoms with Crippen molar-refractivity contribution in [1.82, 2.24) is 0 Å². The Hall–Kier alpha value is -2.17. The van der Waals surface area contributed by atoms with Gasteiger partial charge in [0.1, 0.15) is 0 Å². The normalized spacial score (nSPS) is 29.3. The molecule has 158 valence electrons. The first kappa shape index (κ1) is 19.8. The molecule has 0 amide bonds. The Bertz CT molecular complexity index is 947. The first-order valence-electron chi connectivity index (χ1n) is 11.0. The van der Waals surface area contributed by atoms with Crippen LogP contribution in [0.1, 0.15) is 59.7 Å². The van der Waals surface area contributed by atoms with Gasteiger partial charge in [-0.3, -0.25) is 0 Å². The maximum Gasteiger partial charge on any atom is 0.337 e. The Labute approximate surface area is 178 Å². The van der Waals surface area contributed by atoms with Crippen LogP contribution in [-0.2, 0) is 32.5 Å². The molecule has 30 heavy (non-hydrogen) atoms. The average molecular weight is 407 g/mol. The predicted octanol–water partition coefficient (Wildman–Crippen LogP) is 4.83. The minimum absolute atomic E-state index is 0.00283. The molecule has 1 heterocycles. The van der Waals surface area contributed by atoms with Gasteiger partial charge in [-0.2, -0.15) is 0 Å². The molecule has 1 saturated heterocycles. The second-order valence-electron chi connectivity index (χ2n) is 9.45. The van der Waals surface area contributed by atoms with Crippen LogP contribution in [0, 0.1) is 5.41 Å². The van der Waals surface area contributed by atoms with Crippen LogP contribution in [-0.4, -0.2) is 32.1 Å². The molecule has 0 N–H and O–H groups in total. The summed E-state index contributed by atoms with van der Waals surface area (Å²) in [5.41, 5.74) is 4.74. The van der Waals surface area contributed by atoms with Gasteiger partial charge in [0.2, 0.25) is 0 Å². The standard InChI is InChI=1S/C26H30O4/c1-24-11-10-20-16-21(23(27)28-2)8-9-22(20)25(24,17-19-6-4-3-5-7-19)12-13-26(18-24)29-14-15-30-26/h3-9,16H,10-15,17-18H2,1-2H3/t24-,25-/m1/s1. The minimum Gasteiger partial charge on any atom is -0.465 e. The molecule has 2 aliphatic carbocycles. The van der Waals surface area contributed by atoms with E-state index in [-0.39, 0.29) is 16.8 Å². The van der Waals surface area contributed by atoms with Gasteiger partial charge < -0.3 is 14.2 Å². The van der Waals surface area contributed by atoms with Gasteiger partial charge in [0.25, 0.3) is 0 Å². The zero-order valence-corrected chi connectivity index (χ0v) is 17.9. The van der Waals surface area contributed by atoms with Crippen molar-refractivity contribution >= 4 is 5.97 Å². The summed E-state index contributed by atoms with van der Waals surface area (Å²) in [5, 5.41) is 0. The highest BCUT2D eigenvalue weighted by atomic mass is 16.7. The molecule has 2 fully saturated rings. The van der Waals surface area contributed by atoms with Crippen molar-refractivity contribution in [3.05, 3.63) is 70.8 Å². The lowest BCUT2D eigenvalue weighted by Gasteiger charge is -2.59. The van der Waals surface area contributed by atoms with Crippen molar-refractivity contribution in [2.75, 3.05) is 20.3 Å². The molecule has 0 radical (unpaired) electrons. The fourth-order valence-electron chi connectivity index (χ4n) is 6.35. The lowest BCUT2D eigenvalue weighted by molar-refractivity contribution is -0.219. The van der Waals surface area contributed by atoms with Crippen molar-refractivity contribution in [2.24, 2.45) is 5.41 Å². The van der Waals surface area contributed by atoms with Gasteiger partial charge in [0.05, 0.1) is 25.9 Å². The lowest BCUT2D eigenvalue weighted by atomic mass is 9.46. The van der Waals surface area contributed by atoms with E-state index in [1.807, 2.05) is 6.07 Å². The molecular weight excluding hydrogens is 376 g/mol. The SMILES string of the molecule is COC(=O)c1ccc2c(c1)CC[C@]1(C)CC3(CC[C@@]21Cc1ccccc1)OCCO3. The highest BCUT2D eigenvalue weighted by Gasteiger charge is 2.60. The third kappa shape index (κ3) is 3.00. The van der Waals surface area contributed by atoms with Gasteiger partial charge in [0, 0.05) is 18.3 Å². The summed E-state index contributed by atoms with van der Waals surface area (Å²) < 4.78 is 17.3. The van der Waals surface area contributed by atoms with Crippen LogP contribution in [0.5, 0.6) is 0 Å². The molecule has 0 unspecified atom stereocenters. The summed E-state index contributed by atoms with van der Waals surface area (Å²) in [6.45, 7) is 3.82. The van der Waals surface area contributed by atoms with Crippen molar-refractivity contribution in [2.45, 2.75) is 56.7 Å². The summed E-state index contributed by atoms with van der Waals surface area (Å²) >= 11 is 0. The number of hydrogen-bond donors (Lipinski definition) is 0. The second kappa shape index (κ2) is 7.21. The number of methoxy groups -OCH3 is 1. The molecule has 1 aliphatic heterocycles. The van der Waals surface area contributed by atoms with Crippen molar-refractivity contribution in [3.63, 3.8) is 0 Å². The van der Waals surface area contributed by atoms with E-state index in [2.05, 4.69) is 49.4 Å². The van der Waals surface area contributed by atoms with Gasteiger partial charge >= 0.3 is 5.97 Å². The fourth-order valence-corrected chi connectivity index (χ4v) is 6.35. The van der Waals surface area contributed by atoms with E-state index in [0.717, 1.165) is 38.5 Å². The van der Waals surface area contributed by atoms with Gasteiger partial charge in [-0.05, 0) is 59.9 Å². The summed E-state index contributed by atoms with van der Waals surface area (Å²) in [6.07, 6.45) is 5.86. The molecule has 5 rings (SSSR count). The van der Waals surface area contributed by atoms with Crippen molar-refractivity contribution < 1.29 is 19.0 Å². The number of fused-ring (bicyclic) bond motifs is 3. The summed E-state index contributed by atoms with van der Waals surface area (Å²) in [5.74, 6) is -0.683. The van der Waals surface area contributed by atoms with E-state index >= 15 is 0 Å². The number of benzene rings is 2. The van der Waals surface area contributed by atoms with Crippen LogP contribution in [0.4, 0.5) is 0 Å². The zero-order chi connectivity index (χ0) is 20.8. The molecule has 2 aromatic carbocycles. The van der Waals surface area contributed by atoms with Crippen LogP contribution >= 0.6 is 0 Å². The van der Waals surface area contributed by atoms with E-state index in [1.165, 1.54) is 23.8 Å². The summed E-state index contributed by atoms with van der Waals surface area (Å²) in [7, 11) is 1.44. The predicted molar refractivity (Wildman–Crippen MR) is 115 cm³/mol. The van der Waals surface area contributed by atoms with Crippen LogP contribution in [0.3, 0.4) is 0 Å². The number of carbonyl (C=O) groups is 1. The molecular formula is C26H30O4. The number of ether oxygens (including phenoxy) is 3. The number of aryl methyl sites for hydroxylation is 1. The minimum atomic E-state index is -0.418. The van der Waals surface area contributed by atoms with Crippen molar-refractivity contribution in [1.29, 1.82) is 0 Å². The third-order valence-electron chi connectivity index (χ3n) is 7.90. The van der Waals surface area contributed by atoms with Gasteiger partial charge in [-0.15, -0.1) is 0 Å². The molecule has 4 nitrogen and oxygen atoms in total. The number of esters is 1. The van der Waals surface area contributed by atoms with E-state index in [0.29, 0.717) is 18.8 Å². The largest absolute Gasteiger partial charge is 0.465 e. The average Bonchev–Trinajstić information content (AvgIpc) is 3.22. The lowest BCUT2D eigenvalue weighted by Crippen LogP contribution is -2.57. The van der Waals surface area contributed by atoms with Crippen LogP contribution in [0.25, 0.3) is 0 Å². The smallest absolute Gasteiger partial charge is 0.337 e. The Morgan fingerprint density at radius 2 is 1.80 bits per heavy atom. The quantitative estimate of drug-likeness (QED) is 0.685. The Kier molecular flexibility index (Phi) is 4.75. The topological polar surface area (TPSA) is 44.8 Å². The maximum absolute atomic E-state index is 12.1. The van der Waals surface area contributed by atoms with E-state index in [9.17, 15) is 4.79 Å². The Morgan fingerprint density at radius 1 is 1.03 bits per heavy atom. The molecule has 3 aliphatic rings.